The number of ether oxygens (including phenoxy) is 2. The topological polar surface area (TPSA) is 72.8 Å². The molecule has 1 aromatic rings. The first kappa shape index (κ1) is 13.0. The monoisotopic (exact) mass is 276 g/mol. The average molecular weight is 276 g/mol. The molecule has 0 amide bonds. The first-order chi connectivity index (χ1) is 9.66. The van der Waals surface area contributed by atoms with Crippen molar-refractivity contribution in [1.29, 1.82) is 0 Å². The van der Waals surface area contributed by atoms with Crippen molar-refractivity contribution >= 4 is 12.3 Å². The second-order valence-electron chi connectivity index (χ2n) is 5.38. The fraction of sp³-hybridized carbons (Fsp3) is 0.467. The van der Waals surface area contributed by atoms with Gasteiger partial charge in [0.25, 0.3) is 0 Å². The van der Waals surface area contributed by atoms with Crippen LogP contribution in [0.25, 0.3) is 0 Å². The fourth-order valence-electron chi connectivity index (χ4n) is 2.77. The number of aldehydes is 1. The zero-order valence-electron chi connectivity index (χ0n) is 11.1. The molecule has 1 fully saturated rings. The Hall–Kier alpha value is -2.04. The highest BCUT2D eigenvalue weighted by atomic mass is 16.5. The van der Waals surface area contributed by atoms with E-state index >= 15 is 0 Å². The Kier molecular flexibility index (Phi) is 3.12. The smallest absolute Gasteiger partial charge is 0.304 e. The van der Waals surface area contributed by atoms with Gasteiger partial charge >= 0.3 is 5.97 Å². The molecule has 0 bridgehead atoms. The number of benzene rings is 1. The van der Waals surface area contributed by atoms with Crippen molar-refractivity contribution in [3.05, 3.63) is 23.3 Å². The quantitative estimate of drug-likeness (QED) is 0.853. The van der Waals surface area contributed by atoms with E-state index in [-0.39, 0.29) is 11.8 Å². The largest absolute Gasteiger partial charge is 0.489 e. The summed E-state index contributed by atoms with van der Waals surface area (Å²) >= 11 is 0. The first-order valence-electron chi connectivity index (χ1n) is 6.76. The van der Waals surface area contributed by atoms with Gasteiger partial charge < -0.3 is 14.6 Å². The molecule has 3 rings (SSSR count). The predicted molar refractivity (Wildman–Crippen MR) is 70.6 cm³/mol. The van der Waals surface area contributed by atoms with E-state index in [2.05, 4.69) is 0 Å². The van der Waals surface area contributed by atoms with Gasteiger partial charge in [-0.05, 0) is 18.9 Å². The molecule has 1 aliphatic heterocycles. The fourth-order valence-corrected chi connectivity index (χ4v) is 2.77. The summed E-state index contributed by atoms with van der Waals surface area (Å²) in [6.07, 6.45) is 3.24. The van der Waals surface area contributed by atoms with E-state index in [0.29, 0.717) is 30.3 Å². The number of carbonyl (C=O) groups is 2. The summed E-state index contributed by atoms with van der Waals surface area (Å²) in [5.41, 5.74) is 0.963. The molecular weight excluding hydrogens is 260 g/mol. The lowest BCUT2D eigenvalue weighted by atomic mass is 9.90. The Morgan fingerprint density at radius 3 is 2.55 bits per heavy atom. The van der Waals surface area contributed by atoms with Gasteiger partial charge in [-0.3, -0.25) is 9.59 Å². The van der Waals surface area contributed by atoms with Crippen LogP contribution in [-0.2, 0) is 10.2 Å². The van der Waals surface area contributed by atoms with Gasteiger partial charge in [0.05, 0.1) is 25.2 Å². The van der Waals surface area contributed by atoms with Crippen LogP contribution in [0, 0.1) is 0 Å². The minimum Gasteiger partial charge on any atom is -0.489 e. The number of rotatable bonds is 4. The lowest BCUT2D eigenvalue weighted by Crippen LogP contribution is -2.15. The molecule has 2 aliphatic rings. The molecule has 5 nitrogen and oxygen atoms in total. The van der Waals surface area contributed by atoms with E-state index < -0.39 is 5.97 Å². The summed E-state index contributed by atoms with van der Waals surface area (Å²) < 4.78 is 11.4. The third-order valence-electron chi connectivity index (χ3n) is 3.97. The van der Waals surface area contributed by atoms with Crippen LogP contribution in [-0.4, -0.2) is 30.6 Å². The van der Waals surface area contributed by atoms with Crippen LogP contribution in [0.1, 0.15) is 41.6 Å². The van der Waals surface area contributed by atoms with E-state index in [1.54, 1.807) is 6.07 Å². The second-order valence-corrected chi connectivity index (χ2v) is 5.38. The molecule has 1 aliphatic carbocycles. The maximum Gasteiger partial charge on any atom is 0.304 e. The van der Waals surface area contributed by atoms with Crippen molar-refractivity contribution in [1.82, 2.24) is 0 Å². The van der Waals surface area contributed by atoms with Crippen molar-refractivity contribution in [2.24, 2.45) is 0 Å². The van der Waals surface area contributed by atoms with Crippen molar-refractivity contribution in [2.75, 3.05) is 13.2 Å². The molecule has 1 aromatic carbocycles. The molecule has 0 atom stereocenters. The van der Waals surface area contributed by atoms with Gasteiger partial charge in [-0.1, -0.05) is 6.07 Å². The van der Waals surface area contributed by atoms with Crippen LogP contribution >= 0.6 is 0 Å². The lowest BCUT2D eigenvalue weighted by Gasteiger charge is -2.20. The number of aliphatic carboxylic acids is 1. The highest BCUT2D eigenvalue weighted by Crippen LogP contribution is 2.56. The van der Waals surface area contributed by atoms with Gasteiger partial charge in [-0.25, -0.2) is 0 Å². The molecule has 1 heterocycles. The summed E-state index contributed by atoms with van der Waals surface area (Å²) in [4.78, 5) is 22.2. The van der Waals surface area contributed by atoms with Crippen molar-refractivity contribution in [2.45, 2.75) is 31.1 Å². The second kappa shape index (κ2) is 4.81. The molecule has 0 aromatic heterocycles. The minimum atomic E-state index is -0.815. The van der Waals surface area contributed by atoms with Gasteiger partial charge in [0, 0.05) is 17.4 Å². The summed E-state index contributed by atoms with van der Waals surface area (Å²) in [7, 11) is 0. The molecule has 0 spiro atoms. The Labute approximate surface area is 116 Å². The highest BCUT2D eigenvalue weighted by Gasteiger charge is 2.48. The van der Waals surface area contributed by atoms with Crippen molar-refractivity contribution < 1.29 is 24.2 Å². The summed E-state index contributed by atoms with van der Waals surface area (Å²) in [6, 6.07) is 3.50. The van der Waals surface area contributed by atoms with E-state index in [1.165, 1.54) is 0 Å². The van der Waals surface area contributed by atoms with Gasteiger partial charge in [-0.15, -0.1) is 0 Å². The molecule has 106 valence electrons. The van der Waals surface area contributed by atoms with E-state index in [9.17, 15) is 9.59 Å². The molecule has 0 radical (unpaired) electrons. The maximum atomic E-state index is 11.1. The summed E-state index contributed by atoms with van der Waals surface area (Å²) in [5, 5.41) is 9.08. The number of hydrogen-bond donors (Lipinski definition) is 1. The van der Waals surface area contributed by atoms with E-state index in [0.717, 1.165) is 31.1 Å². The Morgan fingerprint density at radius 1 is 1.25 bits per heavy atom. The lowest BCUT2D eigenvalue weighted by molar-refractivity contribution is -0.137. The Bertz CT molecular complexity index is 560. The number of hydrogen-bond acceptors (Lipinski definition) is 4. The van der Waals surface area contributed by atoms with E-state index in [4.69, 9.17) is 14.6 Å². The Balaban J connectivity index is 2.08. The van der Waals surface area contributed by atoms with Crippen LogP contribution < -0.4 is 9.47 Å². The SMILES string of the molecule is O=Cc1ccc(C2(CC(=O)O)CC2)c2c1OCCCO2. The standard InChI is InChI=1S/C15H16O5/c16-9-10-2-3-11(15(4-5-15)8-12(17)18)14-13(10)19-6-1-7-20-14/h2-3,9H,1,4-8H2,(H,17,18). The van der Waals surface area contributed by atoms with Gasteiger partial charge in [0.1, 0.15) is 0 Å². The number of carboxylic acids is 1. The van der Waals surface area contributed by atoms with E-state index in [1.807, 2.05) is 6.07 Å². The molecule has 5 heteroatoms. The maximum absolute atomic E-state index is 11.1. The zero-order valence-corrected chi connectivity index (χ0v) is 11.1. The molecule has 0 saturated heterocycles. The molecule has 0 unspecified atom stereocenters. The summed E-state index contributed by atoms with van der Waals surface area (Å²) in [5.74, 6) is 0.211. The number of carboxylic acid groups (broad SMARTS) is 1. The van der Waals surface area contributed by atoms with Gasteiger partial charge in [0.15, 0.2) is 17.8 Å². The van der Waals surface area contributed by atoms with Crippen molar-refractivity contribution in [3.63, 3.8) is 0 Å². The molecule has 1 saturated carbocycles. The van der Waals surface area contributed by atoms with Crippen molar-refractivity contribution in [3.8, 4) is 11.5 Å². The predicted octanol–water partition coefficient (Wildman–Crippen LogP) is 2.17. The number of carbonyl (C=O) groups excluding carboxylic acids is 1. The number of fused-ring (bicyclic) bond motifs is 1. The summed E-state index contributed by atoms with van der Waals surface area (Å²) in [6.45, 7) is 1.02. The van der Waals surface area contributed by atoms with Crippen LogP contribution in [0.15, 0.2) is 12.1 Å². The zero-order chi connectivity index (χ0) is 14.2. The van der Waals surface area contributed by atoms with Gasteiger partial charge in [-0.2, -0.15) is 0 Å². The van der Waals surface area contributed by atoms with Crippen LogP contribution in [0.4, 0.5) is 0 Å². The average Bonchev–Trinajstić information content (AvgIpc) is 3.20. The van der Waals surface area contributed by atoms with Gasteiger partial charge in [0.2, 0.25) is 0 Å². The molecule has 20 heavy (non-hydrogen) atoms. The first-order valence-corrected chi connectivity index (χ1v) is 6.76. The highest BCUT2D eigenvalue weighted by molar-refractivity contribution is 5.82. The third-order valence-corrected chi connectivity index (χ3v) is 3.97. The van der Waals surface area contributed by atoms with Crippen LogP contribution in [0.3, 0.4) is 0 Å². The normalized spacial score (nSPS) is 19.0. The van der Waals surface area contributed by atoms with Crippen LogP contribution in [0.5, 0.6) is 11.5 Å². The minimum absolute atomic E-state index is 0.0865. The molecular formula is C15H16O5. The third kappa shape index (κ3) is 2.13. The Morgan fingerprint density at radius 2 is 1.95 bits per heavy atom. The molecule has 1 N–H and O–H groups in total. The van der Waals surface area contributed by atoms with Crippen LogP contribution in [0.2, 0.25) is 0 Å².